The highest BCUT2D eigenvalue weighted by Gasteiger charge is 2.29. The molecule has 1 saturated carbocycles. The topological polar surface area (TPSA) is 55.4 Å². The second kappa shape index (κ2) is 6.22. The highest BCUT2D eigenvalue weighted by atomic mass is 35.5. The van der Waals surface area contributed by atoms with Crippen LogP contribution in [0, 0.1) is 11.7 Å². The van der Waals surface area contributed by atoms with E-state index in [9.17, 15) is 14.0 Å². The summed E-state index contributed by atoms with van der Waals surface area (Å²) >= 11 is 5.80. The molecule has 2 rings (SSSR count). The largest absolute Gasteiger partial charge is 0.452 e. The zero-order valence-electron chi connectivity index (χ0n) is 11.0. The van der Waals surface area contributed by atoms with Crippen LogP contribution in [0.1, 0.15) is 26.2 Å². The third-order valence-electron chi connectivity index (χ3n) is 3.29. The van der Waals surface area contributed by atoms with Crippen LogP contribution >= 0.6 is 11.6 Å². The fourth-order valence-corrected chi connectivity index (χ4v) is 2.01. The van der Waals surface area contributed by atoms with Gasteiger partial charge >= 0.3 is 5.97 Å². The molecular formula is C14H15ClFNO3. The van der Waals surface area contributed by atoms with E-state index >= 15 is 0 Å². The summed E-state index contributed by atoms with van der Waals surface area (Å²) in [5, 5.41) is 2.60. The Bertz CT molecular complexity index is 531. The quantitative estimate of drug-likeness (QED) is 0.869. The van der Waals surface area contributed by atoms with Crippen LogP contribution in [0.15, 0.2) is 18.2 Å². The number of benzene rings is 1. The number of ether oxygens (including phenoxy) is 1. The standard InChI is InChI=1S/C14H15ClFNO3/c1-8(20-14(19)9-3-2-4-9)13(18)17-12-6-5-10(16)7-11(12)15/h5-9H,2-4H2,1H3,(H,17,18)/t8-/m1/s1. The molecule has 1 aromatic carbocycles. The Hall–Kier alpha value is -1.62. The zero-order valence-corrected chi connectivity index (χ0v) is 11.7. The van der Waals surface area contributed by atoms with Crippen molar-refractivity contribution in [1.29, 1.82) is 0 Å². The highest BCUT2D eigenvalue weighted by Crippen LogP contribution is 2.28. The van der Waals surface area contributed by atoms with E-state index in [2.05, 4.69) is 5.32 Å². The molecule has 0 heterocycles. The summed E-state index contributed by atoms with van der Waals surface area (Å²) in [5.41, 5.74) is 0.282. The first-order valence-electron chi connectivity index (χ1n) is 6.44. The molecule has 0 radical (unpaired) electrons. The molecule has 1 aromatic rings. The summed E-state index contributed by atoms with van der Waals surface area (Å²) in [6, 6.07) is 3.64. The Morgan fingerprint density at radius 1 is 1.45 bits per heavy atom. The van der Waals surface area contributed by atoms with Gasteiger partial charge in [-0.15, -0.1) is 0 Å². The Morgan fingerprint density at radius 2 is 2.15 bits per heavy atom. The SMILES string of the molecule is C[C@@H](OC(=O)C1CCC1)C(=O)Nc1ccc(F)cc1Cl. The number of hydrogen-bond acceptors (Lipinski definition) is 3. The van der Waals surface area contributed by atoms with Gasteiger partial charge in [0.05, 0.1) is 16.6 Å². The molecular weight excluding hydrogens is 285 g/mol. The minimum atomic E-state index is -0.913. The Balaban J connectivity index is 1.91. The van der Waals surface area contributed by atoms with E-state index in [1.54, 1.807) is 0 Å². The Morgan fingerprint density at radius 3 is 2.70 bits per heavy atom. The molecule has 1 N–H and O–H groups in total. The second-order valence-electron chi connectivity index (χ2n) is 4.82. The van der Waals surface area contributed by atoms with Crippen molar-refractivity contribution in [3.05, 3.63) is 29.0 Å². The van der Waals surface area contributed by atoms with E-state index in [1.165, 1.54) is 19.1 Å². The molecule has 0 unspecified atom stereocenters. The number of carbonyl (C=O) groups is 2. The van der Waals surface area contributed by atoms with Gasteiger partial charge < -0.3 is 10.1 Å². The van der Waals surface area contributed by atoms with Crippen molar-refractivity contribution < 1.29 is 18.7 Å². The zero-order chi connectivity index (χ0) is 14.7. The van der Waals surface area contributed by atoms with Gasteiger partial charge in [-0.25, -0.2) is 4.39 Å². The van der Waals surface area contributed by atoms with Gasteiger partial charge in [0.1, 0.15) is 5.82 Å². The van der Waals surface area contributed by atoms with Gasteiger partial charge in [0.25, 0.3) is 5.91 Å². The van der Waals surface area contributed by atoms with Gasteiger partial charge in [0.2, 0.25) is 0 Å². The lowest BCUT2D eigenvalue weighted by atomic mass is 9.86. The molecule has 1 atom stereocenters. The molecule has 0 aromatic heterocycles. The maximum atomic E-state index is 12.9. The number of halogens is 2. The van der Waals surface area contributed by atoms with Gasteiger partial charge in [0, 0.05) is 0 Å². The van der Waals surface area contributed by atoms with Gasteiger partial charge in [-0.1, -0.05) is 18.0 Å². The number of carbonyl (C=O) groups excluding carboxylic acids is 2. The van der Waals surface area contributed by atoms with E-state index in [1.807, 2.05) is 0 Å². The number of esters is 1. The molecule has 6 heteroatoms. The lowest BCUT2D eigenvalue weighted by Crippen LogP contribution is -2.34. The normalized spacial score (nSPS) is 16.1. The maximum absolute atomic E-state index is 12.9. The fraction of sp³-hybridized carbons (Fsp3) is 0.429. The number of hydrogen-bond donors (Lipinski definition) is 1. The molecule has 108 valence electrons. The third-order valence-corrected chi connectivity index (χ3v) is 3.60. The fourth-order valence-electron chi connectivity index (χ4n) is 1.79. The van der Waals surface area contributed by atoms with E-state index in [0.717, 1.165) is 25.3 Å². The van der Waals surface area contributed by atoms with Crippen LogP contribution in [0.3, 0.4) is 0 Å². The van der Waals surface area contributed by atoms with Crippen LogP contribution in [0.2, 0.25) is 5.02 Å². The first kappa shape index (κ1) is 14.8. The lowest BCUT2D eigenvalue weighted by molar-refractivity contribution is -0.159. The van der Waals surface area contributed by atoms with Crippen molar-refractivity contribution in [2.75, 3.05) is 5.32 Å². The van der Waals surface area contributed by atoms with Crippen molar-refractivity contribution >= 4 is 29.2 Å². The van der Waals surface area contributed by atoms with E-state index in [4.69, 9.17) is 16.3 Å². The number of rotatable bonds is 4. The van der Waals surface area contributed by atoms with Crippen molar-refractivity contribution in [2.45, 2.75) is 32.3 Å². The summed E-state index contributed by atoms with van der Waals surface area (Å²) in [6.07, 6.45) is 1.74. The molecule has 0 saturated heterocycles. The van der Waals surface area contributed by atoms with E-state index in [0.29, 0.717) is 0 Å². The Labute approximate surface area is 121 Å². The highest BCUT2D eigenvalue weighted by molar-refractivity contribution is 6.33. The summed E-state index contributed by atoms with van der Waals surface area (Å²) in [6.45, 7) is 1.49. The molecule has 20 heavy (non-hydrogen) atoms. The molecule has 1 aliphatic rings. The van der Waals surface area contributed by atoms with Gasteiger partial charge in [0.15, 0.2) is 6.10 Å². The summed E-state index contributed by atoms with van der Waals surface area (Å²) in [5.74, 6) is -1.41. The minimum absolute atomic E-state index is 0.0836. The second-order valence-corrected chi connectivity index (χ2v) is 5.23. The number of anilines is 1. The minimum Gasteiger partial charge on any atom is -0.452 e. The Kier molecular flexibility index (Phi) is 4.60. The van der Waals surface area contributed by atoms with E-state index < -0.39 is 17.8 Å². The molecule has 1 amide bonds. The average molecular weight is 300 g/mol. The van der Waals surface area contributed by atoms with Crippen LogP contribution in [0.4, 0.5) is 10.1 Å². The van der Waals surface area contributed by atoms with Crippen molar-refractivity contribution in [1.82, 2.24) is 0 Å². The lowest BCUT2D eigenvalue weighted by Gasteiger charge is -2.24. The summed E-state index contributed by atoms with van der Waals surface area (Å²) in [4.78, 5) is 23.5. The molecule has 1 fully saturated rings. The molecule has 1 aliphatic carbocycles. The summed E-state index contributed by atoms with van der Waals surface area (Å²) in [7, 11) is 0. The van der Waals surface area contributed by atoms with Crippen molar-refractivity contribution in [3.8, 4) is 0 Å². The number of nitrogens with one attached hydrogen (secondary N) is 1. The maximum Gasteiger partial charge on any atom is 0.309 e. The molecule has 0 bridgehead atoms. The predicted octanol–water partition coefficient (Wildman–Crippen LogP) is 3.15. The van der Waals surface area contributed by atoms with Crippen LogP contribution in [0.25, 0.3) is 0 Å². The first-order chi connectivity index (χ1) is 9.47. The van der Waals surface area contributed by atoms with Crippen molar-refractivity contribution in [3.63, 3.8) is 0 Å². The molecule has 0 aliphatic heterocycles. The first-order valence-corrected chi connectivity index (χ1v) is 6.81. The number of amides is 1. The average Bonchev–Trinajstić information content (AvgIpc) is 2.30. The van der Waals surface area contributed by atoms with Crippen molar-refractivity contribution in [2.24, 2.45) is 5.92 Å². The molecule has 0 spiro atoms. The van der Waals surface area contributed by atoms with Crippen LogP contribution in [-0.2, 0) is 14.3 Å². The summed E-state index contributed by atoms with van der Waals surface area (Å²) < 4.78 is 18.0. The predicted molar refractivity (Wildman–Crippen MR) is 72.9 cm³/mol. The van der Waals surface area contributed by atoms with Crippen LogP contribution in [0.5, 0.6) is 0 Å². The van der Waals surface area contributed by atoms with Gasteiger partial charge in [-0.05, 0) is 38.0 Å². The smallest absolute Gasteiger partial charge is 0.309 e. The molecule has 4 nitrogen and oxygen atoms in total. The van der Waals surface area contributed by atoms with E-state index in [-0.39, 0.29) is 22.6 Å². The van der Waals surface area contributed by atoms with Gasteiger partial charge in [-0.3, -0.25) is 9.59 Å². The van der Waals surface area contributed by atoms with Gasteiger partial charge in [-0.2, -0.15) is 0 Å². The monoisotopic (exact) mass is 299 g/mol. The van der Waals surface area contributed by atoms with Crippen LogP contribution < -0.4 is 5.32 Å². The third kappa shape index (κ3) is 3.48. The van der Waals surface area contributed by atoms with Crippen LogP contribution in [-0.4, -0.2) is 18.0 Å².